The quantitative estimate of drug-likeness (QED) is 0.805. The first kappa shape index (κ1) is 20.4. The molecular formula is C15H27ClN2O2S. The van der Waals surface area contributed by atoms with Crippen LogP contribution in [-0.2, 0) is 10.0 Å². The van der Waals surface area contributed by atoms with Crippen LogP contribution in [0.2, 0.25) is 0 Å². The molecule has 0 aliphatic heterocycles. The Morgan fingerprint density at radius 2 is 1.81 bits per heavy atom. The van der Waals surface area contributed by atoms with Gasteiger partial charge in [0.15, 0.2) is 0 Å². The maximum absolute atomic E-state index is 12.5. The minimum atomic E-state index is -3.54. The summed E-state index contributed by atoms with van der Waals surface area (Å²) in [7, 11) is -3.54. The average Bonchev–Trinajstić information content (AvgIpc) is 2.45. The van der Waals surface area contributed by atoms with Gasteiger partial charge in [0.1, 0.15) is 0 Å². The Morgan fingerprint density at radius 3 is 2.24 bits per heavy atom. The molecule has 0 radical (unpaired) electrons. The highest BCUT2D eigenvalue weighted by Crippen LogP contribution is 2.22. The molecule has 0 saturated carbocycles. The van der Waals surface area contributed by atoms with E-state index < -0.39 is 15.6 Å². The van der Waals surface area contributed by atoms with Gasteiger partial charge in [0.05, 0.1) is 4.90 Å². The first-order valence-electron chi connectivity index (χ1n) is 7.14. The fraction of sp³-hybridized carbons (Fsp3) is 0.600. The lowest BCUT2D eigenvalue weighted by molar-refractivity contribution is 0.363. The van der Waals surface area contributed by atoms with Crippen LogP contribution in [0.4, 0.5) is 0 Å². The summed E-state index contributed by atoms with van der Waals surface area (Å²) in [6, 6.07) is 7.09. The highest BCUT2D eigenvalue weighted by molar-refractivity contribution is 7.89. The second kappa shape index (κ2) is 8.13. The third kappa shape index (κ3) is 4.95. The van der Waals surface area contributed by atoms with Crippen LogP contribution in [0, 0.1) is 0 Å². The number of halogens is 1. The van der Waals surface area contributed by atoms with E-state index in [9.17, 15) is 8.42 Å². The van der Waals surface area contributed by atoms with Gasteiger partial charge in [0.2, 0.25) is 10.0 Å². The van der Waals surface area contributed by atoms with Gasteiger partial charge < -0.3 is 5.73 Å². The van der Waals surface area contributed by atoms with Crippen LogP contribution in [0.15, 0.2) is 29.2 Å². The van der Waals surface area contributed by atoms with Crippen LogP contribution in [0.3, 0.4) is 0 Å². The lowest BCUT2D eigenvalue weighted by Gasteiger charge is -2.31. The summed E-state index contributed by atoms with van der Waals surface area (Å²) < 4.78 is 27.9. The molecule has 3 N–H and O–H groups in total. The van der Waals surface area contributed by atoms with Gasteiger partial charge >= 0.3 is 0 Å². The second-order valence-electron chi connectivity index (χ2n) is 5.52. The Hall–Kier alpha value is -0.620. The Balaban J connectivity index is 0.00000400. The van der Waals surface area contributed by atoms with Crippen LogP contribution in [-0.4, -0.2) is 20.5 Å². The average molecular weight is 335 g/mol. The maximum atomic E-state index is 12.5. The number of nitrogens with two attached hydrogens (primary N) is 1. The summed E-state index contributed by atoms with van der Waals surface area (Å²) in [6.45, 7) is 8.28. The first-order valence-corrected chi connectivity index (χ1v) is 8.62. The highest BCUT2D eigenvalue weighted by Gasteiger charge is 2.30. The topological polar surface area (TPSA) is 72.2 Å². The van der Waals surface area contributed by atoms with Crippen molar-refractivity contribution in [3.8, 4) is 0 Å². The Kier molecular flexibility index (Phi) is 7.89. The molecule has 4 nitrogen and oxygen atoms in total. The van der Waals surface area contributed by atoms with Gasteiger partial charge in [-0.2, -0.15) is 0 Å². The number of nitrogens with one attached hydrogen (secondary N) is 1. The first-order chi connectivity index (χ1) is 9.30. The zero-order valence-corrected chi connectivity index (χ0v) is 14.9. The van der Waals surface area contributed by atoms with Gasteiger partial charge in [-0.05, 0) is 36.5 Å². The summed E-state index contributed by atoms with van der Waals surface area (Å²) in [6.07, 6.45) is 1.34. The molecule has 0 saturated heterocycles. The predicted octanol–water partition coefficient (Wildman–Crippen LogP) is 3.03. The summed E-state index contributed by atoms with van der Waals surface area (Å²) in [4.78, 5) is 0.309. The molecule has 0 amide bonds. The van der Waals surface area contributed by atoms with Crippen molar-refractivity contribution >= 4 is 22.4 Å². The van der Waals surface area contributed by atoms with Gasteiger partial charge in [0, 0.05) is 12.1 Å². The summed E-state index contributed by atoms with van der Waals surface area (Å²) >= 11 is 0. The van der Waals surface area contributed by atoms with Crippen molar-refractivity contribution in [1.82, 2.24) is 4.72 Å². The summed E-state index contributed by atoms with van der Waals surface area (Å²) in [5.41, 5.74) is 6.22. The number of rotatable bonds is 7. The third-order valence-electron chi connectivity index (χ3n) is 3.93. The monoisotopic (exact) mass is 334 g/mol. The Morgan fingerprint density at radius 1 is 1.24 bits per heavy atom. The lowest BCUT2D eigenvalue weighted by Crippen LogP contribution is -2.52. The van der Waals surface area contributed by atoms with E-state index in [1.54, 1.807) is 18.2 Å². The number of sulfonamides is 1. The molecular weight excluding hydrogens is 308 g/mol. The van der Waals surface area contributed by atoms with Gasteiger partial charge in [0.25, 0.3) is 0 Å². The van der Waals surface area contributed by atoms with Crippen molar-refractivity contribution in [3.05, 3.63) is 29.8 Å². The van der Waals surface area contributed by atoms with Crippen LogP contribution < -0.4 is 10.5 Å². The van der Waals surface area contributed by atoms with Crippen molar-refractivity contribution in [3.63, 3.8) is 0 Å². The highest BCUT2D eigenvalue weighted by atomic mass is 35.5. The normalized spacial score (nSPS) is 12.3. The molecule has 1 aromatic carbocycles. The van der Waals surface area contributed by atoms with E-state index >= 15 is 0 Å². The fourth-order valence-electron chi connectivity index (χ4n) is 2.11. The maximum Gasteiger partial charge on any atom is 0.241 e. The summed E-state index contributed by atoms with van der Waals surface area (Å²) in [5, 5.41) is 0. The van der Waals surface area contributed by atoms with Gasteiger partial charge in [-0.1, -0.05) is 39.8 Å². The van der Waals surface area contributed by atoms with Gasteiger partial charge in [-0.3, -0.25) is 0 Å². The van der Waals surface area contributed by atoms with Crippen LogP contribution in [0.25, 0.3) is 0 Å². The minimum absolute atomic E-state index is 0. The molecule has 0 fully saturated rings. The molecule has 0 aliphatic rings. The second-order valence-corrected chi connectivity index (χ2v) is 7.21. The largest absolute Gasteiger partial charge is 0.329 e. The molecule has 0 spiro atoms. The molecule has 0 atom stereocenters. The molecule has 6 heteroatoms. The van der Waals surface area contributed by atoms with Crippen molar-refractivity contribution in [2.75, 3.05) is 6.54 Å². The van der Waals surface area contributed by atoms with Crippen molar-refractivity contribution < 1.29 is 8.42 Å². The van der Waals surface area contributed by atoms with Crippen molar-refractivity contribution in [2.24, 2.45) is 5.73 Å². The molecule has 21 heavy (non-hydrogen) atoms. The zero-order chi connectivity index (χ0) is 15.4. The third-order valence-corrected chi connectivity index (χ3v) is 5.51. The molecule has 0 unspecified atom stereocenters. The van der Waals surface area contributed by atoms with Gasteiger partial charge in [-0.15, -0.1) is 12.4 Å². The number of hydrogen-bond donors (Lipinski definition) is 2. The smallest absolute Gasteiger partial charge is 0.241 e. The van der Waals surface area contributed by atoms with Crippen LogP contribution >= 0.6 is 12.4 Å². The molecule has 0 heterocycles. The zero-order valence-electron chi connectivity index (χ0n) is 13.2. The van der Waals surface area contributed by atoms with E-state index in [1.165, 1.54) is 0 Å². The van der Waals surface area contributed by atoms with E-state index in [4.69, 9.17) is 5.73 Å². The van der Waals surface area contributed by atoms with Crippen LogP contribution in [0.1, 0.15) is 52.0 Å². The van der Waals surface area contributed by atoms with Crippen LogP contribution in [0.5, 0.6) is 0 Å². The predicted molar refractivity (Wildman–Crippen MR) is 90.5 cm³/mol. The number of benzene rings is 1. The minimum Gasteiger partial charge on any atom is -0.329 e. The molecule has 122 valence electrons. The van der Waals surface area contributed by atoms with Gasteiger partial charge in [-0.25, -0.2) is 13.1 Å². The lowest BCUT2D eigenvalue weighted by atomic mass is 9.95. The molecule has 1 rings (SSSR count). The SMILES string of the molecule is CCC(CC)(CN)NS(=O)(=O)c1cccc(C(C)C)c1.Cl. The van der Waals surface area contributed by atoms with E-state index in [-0.39, 0.29) is 12.4 Å². The van der Waals surface area contributed by atoms with E-state index in [0.29, 0.717) is 30.2 Å². The molecule has 0 bridgehead atoms. The van der Waals surface area contributed by atoms with Crippen molar-refractivity contribution in [2.45, 2.75) is 56.9 Å². The molecule has 1 aromatic rings. The molecule has 0 aromatic heterocycles. The fourth-order valence-corrected chi connectivity index (χ4v) is 3.72. The summed E-state index contributed by atoms with van der Waals surface area (Å²) in [5.74, 6) is 0.293. The molecule has 0 aliphatic carbocycles. The number of hydrogen-bond acceptors (Lipinski definition) is 3. The van der Waals surface area contributed by atoms with E-state index in [2.05, 4.69) is 4.72 Å². The Labute approximate surface area is 135 Å². The Bertz CT molecular complexity index is 532. The standard InChI is InChI=1S/C15H26N2O2S.ClH/c1-5-15(6-2,11-16)17-20(18,19)14-9-7-8-13(10-14)12(3)4;/h7-10,12,17H,5-6,11,16H2,1-4H3;1H. The van der Waals surface area contributed by atoms with E-state index in [1.807, 2.05) is 33.8 Å². The van der Waals surface area contributed by atoms with E-state index in [0.717, 1.165) is 5.56 Å². The van der Waals surface area contributed by atoms with Crippen molar-refractivity contribution in [1.29, 1.82) is 0 Å².